The van der Waals surface area contributed by atoms with Crippen LogP contribution < -0.4 is 29.6 Å². The van der Waals surface area contributed by atoms with E-state index in [1.54, 1.807) is 16.9 Å². The molecule has 1 aromatic carbocycles. The summed E-state index contributed by atoms with van der Waals surface area (Å²) in [7, 11) is -1.65. The number of urea groups is 1. The zero-order valence-corrected chi connectivity index (χ0v) is 16.9. The van der Waals surface area contributed by atoms with Crippen LogP contribution in [0.5, 0.6) is 11.8 Å². The number of rotatable bonds is 8. The van der Waals surface area contributed by atoms with Gasteiger partial charge in [0.25, 0.3) is 5.91 Å². The summed E-state index contributed by atoms with van der Waals surface area (Å²) in [5.74, 6) is -0.428. The zero-order chi connectivity index (χ0) is 21.7. The van der Waals surface area contributed by atoms with Crippen molar-refractivity contribution >= 4 is 33.8 Å². The standard InChI is InChI=1S/C17H20N6O6S/c1-28-13-9-14(29-2)20-16(19-13)21-17(25)23-30(26,27)22-12-6-4-3-5-11(12)15(24)18-10-7-8-10/h3-6,9-10,22H,7-8H2,1-2H3,(H,18,24)(H2,19,20,21,23,25). The van der Waals surface area contributed by atoms with Gasteiger partial charge in [0, 0.05) is 6.04 Å². The highest BCUT2D eigenvalue weighted by molar-refractivity contribution is 7.91. The average molecular weight is 436 g/mol. The minimum absolute atomic E-state index is 0.0234. The first-order valence-electron chi connectivity index (χ1n) is 8.78. The van der Waals surface area contributed by atoms with Crippen molar-refractivity contribution in [2.75, 3.05) is 24.3 Å². The summed E-state index contributed by atoms with van der Waals surface area (Å²) in [6, 6.07) is 6.41. The smallest absolute Gasteiger partial charge is 0.336 e. The predicted molar refractivity (Wildman–Crippen MR) is 107 cm³/mol. The summed E-state index contributed by atoms with van der Waals surface area (Å²) < 4.78 is 38.5. The molecule has 13 heteroatoms. The normalized spacial score (nSPS) is 13.1. The van der Waals surface area contributed by atoms with E-state index in [-0.39, 0.29) is 35.0 Å². The number of para-hydroxylation sites is 1. The highest BCUT2D eigenvalue weighted by atomic mass is 32.2. The van der Waals surface area contributed by atoms with Crippen molar-refractivity contribution in [1.29, 1.82) is 0 Å². The van der Waals surface area contributed by atoms with E-state index in [4.69, 9.17) is 9.47 Å². The molecule has 1 saturated carbocycles. The molecule has 0 saturated heterocycles. The third-order valence-corrected chi connectivity index (χ3v) is 4.82. The number of carbonyl (C=O) groups excluding carboxylic acids is 2. The van der Waals surface area contributed by atoms with Crippen molar-refractivity contribution in [2.45, 2.75) is 18.9 Å². The van der Waals surface area contributed by atoms with Crippen LogP contribution in [0.15, 0.2) is 30.3 Å². The van der Waals surface area contributed by atoms with Crippen LogP contribution in [0, 0.1) is 0 Å². The summed E-state index contributed by atoms with van der Waals surface area (Å²) in [5, 5.41) is 4.95. The SMILES string of the molecule is COc1cc(OC)nc(NC(=O)NS(=O)(=O)Nc2ccccc2C(=O)NC2CC2)n1. The Morgan fingerprint density at radius 3 is 2.30 bits per heavy atom. The first kappa shape index (κ1) is 21.1. The van der Waals surface area contributed by atoms with Crippen LogP contribution in [0.25, 0.3) is 0 Å². The van der Waals surface area contributed by atoms with Gasteiger partial charge in [-0.1, -0.05) is 12.1 Å². The van der Waals surface area contributed by atoms with Crippen LogP contribution in [-0.4, -0.2) is 50.6 Å². The Morgan fingerprint density at radius 1 is 1.07 bits per heavy atom. The molecule has 1 aromatic heterocycles. The lowest BCUT2D eigenvalue weighted by atomic mass is 10.1. The van der Waals surface area contributed by atoms with Crippen LogP contribution in [-0.2, 0) is 10.2 Å². The van der Waals surface area contributed by atoms with E-state index in [2.05, 4.69) is 25.3 Å². The molecular formula is C17H20N6O6S. The molecule has 30 heavy (non-hydrogen) atoms. The van der Waals surface area contributed by atoms with Crippen molar-refractivity contribution in [3.63, 3.8) is 0 Å². The Kier molecular flexibility index (Phi) is 6.20. The van der Waals surface area contributed by atoms with Crippen molar-refractivity contribution in [2.24, 2.45) is 0 Å². The molecule has 0 bridgehead atoms. The number of ether oxygens (including phenoxy) is 2. The second-order valence-electron chi connectivity index (χ2n) is 6.23. The molecule has 0 unspecified atom stereocenters. The molecule has 1 aliphatic carbocycles. The van der Waals surface area contributed by atoms with Gasteiger partial charge < -0.3 is 14.8 Å². The number of amides is 3. The molecule has 1 heterocycles. The highest BCUT2D eigenvalue weighted by Gasteiger charge is 2.26. The molecule has 0 aliphatic heterocycles. The minimum atomic E-state index is -4.36. The molecular weight excluding hydrogens is 416 g/mol. The Balaban J connectivity index is 1.68. The number of nitrogens with one attached hydrogen (secondary N) is 4. The summed E-state index contributed by atoms with van der Waals surface area (Å²) in [4.78, 5) is 32.2. The number of benzene rings is 1. The Morgan fingerprint density at radius 2 is 1.70 bits per heavy atom. The Hall–Kier alpha value is -3.61. The lowest BCUT2D eigenvalue weighted by Crippen LogP contribution is -2.39. The lowest BCUT2D eigenvalue weighted by Gasteiger charge is -2.13. The van der Waals surface area contributed by atoms with Gasteiger partial charge in [-0.3, -0.25) is 14.8 Å². The van der Waals surface area contributed by atoms with Crippen LogP contribution in [0.1, 0.15) is 23.2 Å². The van der Waals surface area contributed by atoms with Crippen LogP contribution in [0.4, 0.5) is 16.4 Å². The first-order chi connectivity index (χ1) is 14.3. The van der Waals surface area contributed by atoms with Gasteiger partial charge in [0.15, 0.2) is 0 Å². The van der Waals surface area contributed by atoms with Crippen molar-refractivity contribution in [3.8, 4) is 11.8 Å². The lowest BCUT2D eigenvalue weighted by molar-refractivity contribution is 0.0952. The molecule has 0 spiro atoms. The van der Waals surface area contributed by atoms with Gasteiger partial charge in [0.1, 0.15) is 0 Å². The fourth-order valence-corrected chi connectivity index (χ4v) is 3.16. The first-order valence-corrected chi connectivity index (χ1v) is 10.3. The quantitative estimate of drug-likeness (QED) is 0.474. The molecule has 3 rings (SSSR count). The molecule has 12 nitrogen and oxygen atoms in total. The fourth-order valence-electron chi connectivity index (χ4n) is 2.35. The maximum Gasteiger partial charge on any atom is 0.336 e. The number of hydrogen-bond acceptors (Lipinski definition) is 8. The number of methoxy groups -OCH3 is 2. The van der Waals surface area contributed by atoms with Gasteiger partial charge in [0.2, 0.25) is 17.7 Å². The van der Waals surface area contributed by atoms with Crippen LogP contribution >= 0.6 is 0 Å². The third-order valence-electron chi connectivity index (χ3n) is 3.88. The van der Waals surface area contributed by atoms with Gasteiger partial charge in [-0.05, 0) is 25.0 Å². The van der Waals surface area contributed by atoms with E-state index in [1.807, 2.05) is 0 Å². The third kappa shape index (κ3) is 5.70. The van der Waals surface area contributed by atoms with Crippen molar-refractivity contribution in [3.05, 3.63) is 35.9 Å². The number of anilines is 2. The maximum absolute atomic E-state index is 12.4. The topological polar surface area (TPSA) is 161 Å². The summed E-state index contributed by atoms with van der Waals surface area (Å²) in [5.41, 5.74) is 0.159. The molecule has 0 atom stereocenters. The highest BCUT2D eigenvalue weighted by Crippen LogP contribution is 2.22. The maximum atomic E-state index is 12.4. The second-order valence-corrected chi connectivity index (χ2v) is 7.65. The van der Waals surface area contributed by atoms with Crippen molar-refractivity contribution < 1.29 is 27.5 Å². The van der Waals surface area contributed by atoms with Gasteiger partial charge in [-0.15, -0.1) is 0 Å². The number of carbonyl (C=O) groups is 2. The van der Waals surface area contributed by atoms with Crippen molar-refractivity contribution in [1.82, 2.24) is 20.0 Å². The Labute approximate surface area is 172 Å². The summed E-state index contributed by atoms with van der Waals surface area (Å²) in [6.07, 6.45) is 1.77. The molecule has 4 N–H and O–H groups in total. The molecule has 1 aliphatic rings. The van der Waals surface area contributed by atoms with E-state index >= 15 is 0 Å². The van der Waals surface area contributed by atoms with Crippen LogP contribution in [0.2, 0.25) is 0 Å². The van der Waals surface area contributed by atoms with E-state index in [0.29, 0.717) is 0 Å². The minimum Gasteiger partial charge on any atom is -0.481 e. The van der Waals surface area contributed by atoms with E-state index in [1.165, 1.54) is 32.4 Å². The van der Waals surface area contributed by atoms with Gasteiger partial charge in [-0.2, -0.15) is 18.4 Å². The molecule has 1 fully saturated rings. The van der Waals surface area contributed by atoms with E-state index in [0.717, 1.165) is 12.8 Å². The molecule has 3 amide bonds. The van der Waals surface area contributed by atoms with Gasteiger partial charge >= 0.3 is 16.2 Å². The number of nitrogens with zero attached hydrogens (tertiary/aromatic N) is 2. The average Bonchev–Trinajstić information content (AvgIpc) is 3.50. The zero-order valence-electron chi connectivity index (χ0n) is 16.1. The number of hydrogen-bond donors (Lipinski definition) is 4. The van der Waals surface area contributed by atoms with Gasteiger partial charge in [-0.25, -0.2) is 9.52 Å². The van der Waals surface area contributed by atoms with Crippen LogP contribution in [0.3, 0.4) is 0 Å². The van der Waals surface area contributed by atoms with E-state index < -0.39 is 22.1 Å². The molecule has 2 aromatic rings. The van der Waals surface area contributed by atoms with E-state index in [9.17, 15) is 18.0 Å². The summed E-state index contributed by atoms with van der Waals surface area (Å²) >= 11 is 0. The second kappa shape index (κ2) is 8.82. The van der Waals surface area contributed by atoms with Gasteiger partial charge in [0.05, 0.1) is 31.5 Å². The fraction of sp³-hybridized carbons (Fsp3) is 0.294. The monoisotopic (exact) mass is 436 g/mol. The molecule has 160 valence electrons. The largest absolute Gasteiger partial charge is 0.481 e. The summed E-state index contributed by atoms with van der Waals surface area (Å²) in [6.45, 7) is 0. The molecule has 0 radical (unpaired) electrons. The predicted octanol–water partition coefficient (Wildman–Crippen LogP) is 0.864. The number of aromatic nitrogens is 2. The Bertz CT molecular complexity index is 1030.